The number of anilines is 3. The molecule has 0 saturated carbocycles. The minimum Gasteiger partial charge on any atom is -0.356 e. The number of carbonyl (C=O) groups is 2. The van der Waals surface area contributed by atoms with Crippen molar-refractivity contribution in [2.45, 2.75) is 23.7 Å². The fraction of sp³-hybridized carbons (Fsp3) is 0.238. The molecule has 3 aromatic rings. The molecule has 0 spiro atoms. The van der Waals surface area contributed by atoms with Crippen LogP contribution in [0.25, 0.3) is 0 Å². The Kier molecular flexibility index (Phi) is 6.78. The number of aromatic nitrogens is 2. The van der Waals surface area contributed by atoms with Crippen LogP contribution in [0.4, 0.5) is 20.9 Å². The first-order chi connectivity index (χ1) is 15.1. The molecule has 1 aliphatic rings. The van der Waals surface area contributed by atoms with Crippen molar-refractivity contribution in [1.82, 2.24) is 10.2 Å². The third-order valence-corrected chi connectivity index (χ3v) is 6.65. The third-order valence-electron chi connectivity index (χ3n) is 4.63. The van der Waals surface area contributed by atoms with E-state index in [0.29, 0.717) is 34.7 Å². The summed E-state index contributed by atoms with van der Waals surface area (Å²) in [5, 5.41) is 14.8. The van der Waals surface area contributed by atoms with Crippen molar-refractivity contribution in [1.29, 1.82) is 0 Å². The predicted molar refractivity (Wildman–Crippen MR) is 121 cm³/mol. The van der Waals surface area contributed by atoms with Gasteiger partial charge in [-0.1, -0.05) is 47.4 Å². The van der Waals surface area contributed by atoms with Gasteiger partial charge in [0.05, 0.1) is 17.1 Å². The van der Waals surface area contributed by atoms with Crippen molar-refractivity contribution in [2.75, 3.05) is 27.8 Å². The molecule has 7 nitrogen and oxygen atoms in total. The summed E-state index contributed by atoms with van der Waals surface area (Å²) >= 11 is 2.64. The molecule has 2 heterocycles. The highest BCUT2D eigenvalue weighted by atomic mass is 32.2. The minimum atomic E-state index is -0.272. The number of hydrogen-bond acceptors (Lipinski definition) is 7. The fourth-order valence-electron chi connectivity index (χ4n) is 3.15. The summed E-state index contributed by atoms with van der Waals surface area (Å²) in [5.41, 5.74) is 2.29. The van der Waals surface area contributed by atoms with Gasteiger partial charge in [-0.15, -0.1) is 10.2 Å². The molecule has 2 aromatic carbocycles. The van der Waals surface area contributed by atoms with Crippen LogP contribution < -0.4 is 15.5 Å². The number of para-hydroxylation sites is 2. The highest BCUT2D eigenvalue weighted by Crippen LogP contribution is 2.30. The average molecular weight is 458 g/mol. The van der Waals surface area contributed by atoms with Gasteiger partial charge >= 0.3 is 0 Å². The molecule has 1 fully saturated rings. The van der Waals surface area contributed by atoms with Crippen LogP contribution >= 0.6 is 23.1 Å². The summed E-state index contributed by atoms with van der Waals surface area (Å²) in [7, 11) is 0. The van der Waals surface area contributed by atoms with E-state index >= 15 is 0 Å². The molecule has 31 heavy (non-hydrogen) atoms. The lowest BCUT2D eigenvalue weighted by molar-refractivity contribution is -0.117. The second-order valence-electron chi connectivity index (χ2n) is 6.86. The van der Waals surface area contributed by atoms with E-state index in [9.17, 15) is 14.0 Å². The molecule has 0 unspecified atom stereocenters. The summed E-state index contributed by atoms with van der Waals surface area (Å²) in [6, 6.07) is 13.6. The zero-order valence-electron chi connectivity index (χ0n) is 16.5. The highest BCUT2D eigenvalue weighted by Gasteiger charge is 2.24. The van der Waals surface area contributed by atoms with Gasteiger partial charge in [0.1, 0.15) is 5.82 Å². The molecule has 4 rings (SSSR count). The standard InChI is InChI=1S/C21H20FN5O2S2/c22-15-9-7-14(8-10-15)12-23-20-25-26-21(31-20)30-13-18(28)24-16-4-1-2-5-17(16)27-11-3-6-19(27)29/h1-2,4-5,7-10H,3,6,11-13H2,(H,23,25)(H,24,28). The third kappa shape index (κ3) is 5.59. The number of rotatable bonds is 8. The van der Waals surface area contributed by atoms with Gasteiger partial charge in [-0.25, -0.2) is 4.39 Å². The van der Waals surface area contributed by atoms with E-state index in [4.69, 9.17) is 0 Å². The predicted octanol–water partition coefficient (Wildman–Crippen LogP) is 4.15. The summed E-state index contributed by atoms with van der Waals surface area (Å²) in [6.07, 6.45) is 1.36. The second-order valence-corrected chi connectivity index (χ2v) is 9.06. The van der Waals surface area contributed by atoms with Crippen molar-refractivity contribution in [2.24, 2.45) is 0 Å². The minimum absolute atomic E-state index is 0.0746. The normalized spacial score (nSPS) is 13.5. The Morgan fingerprint density at radius 3 is 2.74 bits per heavy atom. The van der Waals surface area contributed by atoms with Crippen LogP contribution in [0.1, 0.15) is 18.4 Å². The molecule has 0 aliphatic carbocycles. The molecule has 2 amide bonds. The lowest BCUT2D eigenvalue weighted by atomic mass is 10.2. The second kappa shape index (κ2) is 9.88. The summed E-state index contributed by atoms with van der Waals surface area (Å²) in [4.78, 5) is 26.2. The van der Waals surface area contributed by atoms with Gasteiger partial charge < -0.3 is 15.5 Å². The van der Waals surface area contributed by atoms with E-state index in [1.54, 1.807) is 23.1 Å². The lowest BCUT2D eigenvalue weighted by Gasteiger charge is -2.19. The van der Waals surface area contributed by atoms with Crippen LogP contribution in [0, 0.1) is 5.82 Å². The Hall–Kier alpha value is -2.98. The van der Waals surface area contributed by atoms with Crippen molar-refractivity contribution in [3.63, 3.8) is 0 Å². The van der Waals surface area contributed by atoms with E-state index in [1.165, 1.54) is 35.2 Å². The van der Waals surface area contributed by atoms with E-state index < -0.39 is 0 Å². The van der Waals surface area contributed by atoms with Crippen molar-refractivity contribution >= 4 is 51.4 Å². The van der Waals surface area contributed by atoms with Crippen molar-refractivity contribution < 1.29 is 14.0 Å². The first-order valence-corrected chi connectivity index (χ1v) is 11.5. The zero-order chi connectivity index (χ0) is 21.6. The van der Waals surface area contributed by atoms with Crippen LogP contribution in [-0.2, 0) is 16.1 Å². The van der Waals surface area contributed by atoms with Crippen LogP contribution in [0.15, 0.2) is 52.9 Å². The highest BCUT2D eigenvalue weighted by molar-refractivity contribution is 8.01. The summed E-state index contributed by atoms with van der Waals surface area (Å²) in [5.74, 6) is -0.202. The van der Waals surface area contributed by atoms with E-state index in [0.717, 1.165) is 17.7 Å². The lowest BCUT2D eigenvalue weighted by Crippen LogP contribution is -2.25. The number of benzene rings is 2. The first-order valence-electron chi connectivity index (χ1n) is 9.72. The molecule has 160 valence electrons. The Bertz CT molecular complexity index is 1070. The SMILES string of the molecule is O=C(CSc1nnc(NCc2ccc(F)cc2)s1)Nc1ccccc1N1CCCC1=O. The Balaban J connectivity index is 1.29. The molecule has 10 heteroatoms. The van der Waals surface area contributed by atoms with Gasteiger partial charge in [-0.3, -0.25) is 9.59 Å². The summed E-state index contributed by atoms with van der Waals surface area (Å²) in [6.45, 7) is 1.17. The molecule has 0 bridgehead atoms. The molecule has 0 radical (unpaired) electrons. The molecule has 1 aromatic heterocycles. The quantitative estimate of drug-likeness (QED) is 0.494. The van der Waals surface area contributed by atoms with Gasteiger partial charge in [-0.2, -0.15) is 0 Å². The van der Waals surface area contributed by atoms with Gasteiger partial charge in [0, 0.05) is 19.5 Å². The molecular formula is C21H20FN5O2S2. The maximum absolute atomic E-state index is 13.0. The average Bonchev–Trinajstić information content (AvgIpc) is 3.41. The number of nitrogens with zero attached hydrogens (tertiary/aromatic N) is 3. The monoisotopic (exact) mass is 457 g/mol. The largest absolute Gasteiger partial charge is 0.356 e. The van der Waals surface area contributed by atoms with E-state index in [-0.39, 0.29) is 23.4 Å². The molecule has 2 N–H and O–H groups in total. The number of thioether (sulfide) groups is 1. The molecule has 1 saturated heterocycles. The van der Waals surface area contributed by atoms with Crippen molar-refractivity contribution in [3.05, 3.63) is 59.9 Å². The van der Waals surface area contributed by atoms with Crippen LogP contribution in [0.3, 0.4) is 0 Å². The Morgan fingerprint density at radius 2 is 1.97 bits per heavy atom. The summed E-state index contributed by atoms with van der Waals surface area (Å²) < 4.78 is 13.6. The Labute approximate surface area is 187 Å². The first kappa shape index (κ1) is 21.3. The maximum atomic E-state index is 13.0. The number of nitrogens with one attached hydrogen (secondary N) is 2. The Morgan fingerprint density at radius 1 is 1.16 bits per heavy atom. The zero-order valence-corrected chi connectivity index (χ0v) is 18.1. The number of halogens is 1. The van der Waals surface area contributed by atoms with Crippen molar-refractivity contribution in [3.8, 4) is 0 Å². The maximum Gasteiger partial charge on any atom is 0.234 e. The number of hydrogen-bond donors (Lipinski definition) is 2. The molecule has 0 atom stereocenters. The van der Waals surface area contributed by atoms with E-state index in [1.807, 2.05) is 18.2 Å². The topological polar surface area (TPSA) is 87.2 Å². The molecule has 1 aliphatic heterocycles. The van der Waals surface area contributed by atoms with Crippen LogP contribution in [-0.4, -0.2) is 34.3 Å². The van der Waals surface area contributed by atoms with Crippen LogP contribution in [0.5, 0.6) is 0 Å². The van der Waals surface area contributed by atoms with Gasteiger partial charge in [0.15, 0.2) is 4.34 Å². The van der Waals surface area contributed by atoms with Gasteiger partial charge in [0.25, 0.3) is 0 Å². The smallest absolute Gasteiger partial charge is 0.234 e. The van der Waals surface area contributed by atoms with Gasteiger partial charge in [-0.05, 0) is 36.2 Å². The van der Waals surface area contributed by atoms with Gasteiger partial charge in [0.2, 0.25) is 16.9 Å². The van der Waals surface area contributed by atoms with Crippen LogP contribution in [0.2, 0.25) is 0 Å². The fourth-order valence-corrected chi connectivity index (χ4v) is 4.70. The number of amides is 2. The molecular weight excluding hydrogens is 437 g/mol. The number of carbonyl (C=O) groups excluding carboxylic acids is 2. The van der Waals surface area contributed by atoms with E-state index in [2.05, 4.69) is 20.8 Å².